The molecule has 0 radical (unpaired) electrons. The van der Waals surface area contributed by atoms with Crippen LogP contribution < -0.4 is 0 Å². The number of aliphatic hydroxyl groups excluding tert-OH is 3. The average Bonchev–Trinajstić information content (AvgIpc) is 2.14. The lowest BCUT2D eigenvalue weighted by Crippen LogP contribution is -2.37. The van der Waals surface area contributed by atoms with Gasteiger partial charge in [0.25, 0.3) is 0 Å². The summed E-state index contributed by atoms with van der Waals surface area (Å²) in [5.74, 6) is -1.04. The molecule has 3 atom stereocenters. The van der Waals surface area contributed by atoms with Crippen molar-refractivity contribution in [1.29, 1.82) is 0 Å². The fourth-order valence-electron chi connectivity index (χ4n) is 1.65. The second kappa shape index (κ2) is 5.29. The van der Waals surface area contributed by atoms with Crippen molar-refractivity contribution >= 4 is 5.97 Å². The summed E-state index contributed by atoms with van der Waals surface area (Å²) >= 11 is 0. The average molecular weight is 204 g/mol. The molecule has 0 spiro atoms. The van der Waals surface area contributed by atoms with Crippen LogP contribution in [0.25, 0.3) is 0 Å². The minimum atomic E-state index is -0.829. The van der Waals surface area contributed by atoms with E-state index in [1.165, 1.54) is 0 Å². The minimum absolute atomic E-state index is 0.0371. The van der Waals surface area contributed by atoms with Crippen LogP contribution in [0.3, 0.4) is 0 Å². The predicted octanol–water partition coefficient (Wildman–Crippen LogP) is -0.956. The molecular weight excluding hydrogens is 188 g/mol. The number of hydrogen-bond donors (Lipinski definition) is 3. The molecule has 3 N–H and O–H groups in total. The van der Waals surface area contributed by atoms with Crippen LogP contribution >= 0.6 is 0 Å². The van der Waals surface area contributed by atoms with Gasteiger partial charge in [-0.25, -0.2) is 0 Å². The van der Waals surface area contributed by atoms with Crippen LogP contribution in [-0.2, 0) is 9.53 Å². The number of esters is 1. The smallest absolute Gasteiger partial charge is 0.311 e. The third-order valence-electron chi connectivity index (χ3n) is 2.43. The quantitative estimate of drug-likeness (QED) is 0.516. The monoisotopic (exact) mass is 204 g/mol. The van der Waals surface area contributed by atoms with E-state index in [0.717, 1.165) is 0 Å². The van der Waals surface area contributed by atoms with E-state index in [1.807, 2.05) is 0 Å². The molecule has 1 fully saturated rings. The van der Waals surface area contributed by atoms with Gasteiger partial charge in [-0.3, -0.25) is 4.79 Å². The topological polar surface area (TPSA) is 87.0 Å². The van der Waals surface area contributed by atoms with Crippen molar-refractivity contribution in [2.24, 2.45) is 5.92 Å². The summed E-state index contributed by atoms with van der Waals surface area (Å²) in [6.07, 6.45) is -0.182. The first-order valence-corrected chi connectivity index (χ1v) is 4.78. The first kappa shape index (κ1) is 11.4. The van der Waals surface area contributed by atoms with Gasteiger partial charge in [-0.15, -0.1) is 0 Å². The summed E-state index contributed by atoms with van der Waals surface area (Å²) < 4.78 is 4.71. The molecule has 1 aliphatic rings. The lowest BCUT2D eigenvalue weighted by atomic mass is 9.85. The third-order valence-corrected chi connectivity index (χ3v) is 2.43. The molecule has 1 aliphatic carbocycles. The summed E-state index contributed by atoms with van der Waals surface area (Å²) in [7, 11) is 0. The van der Waals surface area contributed by atoms with Gasteiger partial charge in [-0.1, -0.05) is 0 Å². The molecule has 82 valence electrons. The zero-order valence-corrected chi connectivity index (χ0v) is 7.93. The first-order valence-electron chi connectivity index (χ1n) is 4.78. The highest BCUT2D eigenvalue weighted by atomic mass is 16.5. The van der Waals surface area contributed by atoms with Gasteiger partial charge in [-0.2, -0.15) is 0 Å². The number of ether oxygens (including phenoxy) is 1. The van der Waals surface area contributed by atoms with E-state index in [4.69, 9.17) is 9.84 Å². The normalized spacial score (nSPS) is 32.6. The second-order valence-electron chi connectivity index (χ2n) is 3.53. The maximum Gasteiger partial charge on any atom is 0.311 e. The Hall–Kier alpha value is -0.650. The molecule has 5 nitrogen and oxygen atoms in total. The molecule has 5 heteroatoms. The van der Waals surface area contributed by atoms with Crippen LogP contribution in [0.4, 0.5) is 0 Å². The van der Waals surface area contributed by atoms with E-state index in [-0.39, 0.29) is 19.6 Å². The van der Waals surface area contributed by atoms with Gasteiger partial charge >= 0.3 is 5.97 Å². The number of aliphatic hydroxyl groups is 3. The van der Waals surface area contributed by atoms with Crippen LogP contribution in [0, 0.1) is 5.92 Å². The van der Waals surface area contributed by atoms with Gasteiger partial charge in [0, 0.05) is 6.42 Å². The lowest BCUT2D eigenvalue weighted by Gasteiger charge is -2.28. The van der Waals surface area contributed by atoms with Crippen molar-refractivity contribution in [2.75, 3.05) is 13.2 Å². The minimum Gasteiger partial charge on any atom is -0.463 e. The number of carbonyl (C=O) groups is 1. The molecule has 0 amide bonds. The Morgan fingerprint density at radius 2 is 2.07 bits per heavy atom. The maximum absolute atomic E-state index is 11.3. The zero-order chi connectivity index (χ0) is 10.6. The fourth-order valence-corrected chi connectivity index (χ4v) is 1.65. The Balaban J connectivity index is 2.39. The predicted molar refractivity (Wildman–Crippen MR) is 47.4 cm³/mol. The standard InChI is InChI=1S/C9H16O5/c10-3-4-14-9(13)7-2-1-6(11)5-8(7)12/h6-8,10-12H,1-5H2. The van der Waals surface area contributed by atoms with Crippen molar-refractivity contribution in [3.05, 3.63) is 0 Å². The Kier molecular flexibility index (Phi) is 4.31. The molecule has 0 bridgehead atoms. The van der Waals surface area contributed by atoms with Crippen LogP contribution in [0.5, 0.6) is 0 Å². The molecule has 14 heavy (non-hydrogen) atoms. The second-order valence-corrected chi connectivity index (χ2v) is 3.53. The molecule has 0 aromatic heterocycles. The fraction of sp³-hybridized carbons (Fsp3) is 0.889. The summed E-state index contributed by atoms with van der Waals surface area (Å²) in [5.41, 5.74) is 0. The van der Waals surface area contributed by atoms with E-state index in [1.54, 1.807) is 0 Å². The molecule has 0 heterocycles. The number of hydrogen-bond acceptors (Lipinski definition) is 5. The van der Waals surface area contributed by atoms with E-state index in [9.17, 15) is 15.0 Å². The van der Waals surface area contributed by atoms with Crippen molar-refractivity contribution in [2.45, 2.75) is 31.5 Å². The highest BCUT2D eigenvalue weighted by Gasteiger charge is 2.34. The van der Waals surface area contributed by atoms with Crippen molar-refractivity contribution < 1.29 is 24.9 Å². The third kappa shape index (κ3) is 2.94. The highest BCUT2D eigenvalue weighted by Crippen LogP contribution is 2.25. The molecule has 0 aromatic carbocycles. The summed E-state index contributed by atoms with van der Waals surface area (Å²) in [4.78, 5) is 11.3. The van der Waals surface area contributed by atoms with Gasteiger partial charge in [0.2, 0.25) is 0 Å². The molecule has 3 unspecified atom stereocenters. The maximum atomic E-state index is 11.3. The molecule has 0 aromatic rings. The SMILES string of the molecule is O=C(OCCO)C1CCC(O)CC1O. The van der Waals surface area contributed by atoms with Crippen LogP contribution in [0.2, 0.25) is 0 Å². The molecule has 0 aliphatic heterocycles. The molecule has 0 saturated heterocycles. The van der Waals surface area contributed by atoms with Crippen molar-refractivity contribution in [1.82, 2.24) is 0 Å². The Morgan fingerprint density at radius 1 is 1.36 bits per heavy atom. The van der Waals surface area contributed by atoms with Gasteiger partial charge in [0.05, 0.1) is 24.7 Å². The van der Waals surface area contributed by atoms with Gasteiger partial charge < -0.3 is 20.1 Å². The van der Waals surface area contributed by atoms with Gasteiger partial charge in [0.1, 0.15) is 6.61 Å². The molecule has 1 rings (SSSR count). The first-order chi connectivity index (χ1) is 6.65. The van der Waals surface area contributed by atoms with E-state index in [0.29, 0.717) is 12.8 Å². The van der Waals surface area contributed by atoms with Gasteiger partial charge in [-0.05, 0) is 12.8 Å². The van der Waals surface area contributed by atoms with Crippen LogP contribution in [-0.4, -0.2) is 46.7 Å². The Bertz CT molecular complexity index is 194. The Morgan fingerprint density at radius 3 is 2.64 bits per heavy atom. The highest BCUT2D eigenvalue weighted by molar-refractivity contribution is 5.73. The number of carbonyl (C=O) groups excluding carboxylic acids is 1. The van der Waals surface area contributed by atoms with Crippen LogP contribution in [0.1, 0.15) is 19.3 Å². The van der Waals surface area contributed by atoms with Gasteiger partial charge in [0.15, 0.2) is 0 Å². The molecule has 1 saturated carbocycles. The van der Waals surface area contributed by atoms with E-state index >= 15 is 0 Å². The zero-order valence-electron chi connectivity index (χ0n) is 7.93. The van der Waals surface area contributed by atoms with Crippen molar-refractivity contribution in [3.63, 3.8) is 0 Å². The van der Waals surface area contributed by atoms with Crippen molar-refractivity contribution in [3.8, 4) is 0 Å². The summed E-state index contributed by atoms with van der Waals surface area (Å²) in [5, 5.41) is 27.1. The Labute approximate surface area is 82.3 Å². The summed E-state index contributed by atoms with van der Waals surface area (Å²) in [6.45, 7) is -0.248. The molecular formula is C9H16O5. The van der Waals surface area contributed by atoms with E-state index in [2.05, 4.69) is 0 Å². The van der Waals surface area contributed by atoms with Crippen LogP contribution in [0.15, 0.2) is 0 Å². The largest absolute Gasteiger partial charge is 0.463 e. The van der Waals surface area contributed by atoms with E-state index < -0.39 is 24.1 Å². The lowest BCUT2D eigenvalue weighted by molar-refractivity contribution is -0.156. The summed E-state index contributed by atoms with van der Waals surface area (Å²) in [6, 6.07) is 0. The number of rotatable bonds is 3.